The van der Waals surface area contributed by atoms with Gasteiger partial charge < -0.3 is 17.3 Å². The van der Waals surface area contributed by atoms with Crippen LogP contribution in [0.1, 0.15) is 5.56 Å². The van der Waals surface area contributed by atoms with Gasteiger partial charge in [0.25, 0.3) is 0 Å². The summed E-state index contributed by atoms with van der Waals surface area (Å²) in [7, 11) is -6.00. The average Bonchev–Trinajstić information content (AvgIpc) is 2.69. The number of hydrogen-bond donors (Lipinski definition) is 1. The van der Waals surface area contributed by atoms with E-state index < -0.39 is 7.25 Å². The Hall–Kier alpha value is -1.63. The van der Waals surface area contributed by atoms with Crippen molar-refractivity contribution in [3.63, 3.8) is 0 Å². The molecule has 1 unspecified atom stereocenters. The Morgan fingerprint density at radius 2 is 1.59 bits per heavy atom. The summed E-state index contributed by atoms with van der Waals surface area (Å²) in [6.07, 6.45) is 5.71. The second-order valence-corrected chi connectivity index (χ2v) is 3.41. The minimum atomic E-state index is -6.00. The van der Waals surface area contributed by atoms with Crippen molar-refractivity contribution >= 4 is 19.3 Å². The topological polar surface area (TPSA) is 16.8 Å². The summed E-state index contributed by atoms with van der Waals surface area (Å²) < 4.78 is 39.0. The molecule has 0 bridgehead atoms. The van der Waals surface area contributed by atoms with Crippen LogP contribution in [0.4, 0.5) is 23.0 Å². The van der Waals surface area contributed by atoms with Crippen molar-refractivity contribution in [3.8, 4) is 0 Å². The first-order valence-corrected chi connectivity index (χ1v) is 4.87. The predicted octanol–water partition coefficient (Wildman–Crippen LogP) is 2.32. The molecule has 92 valence electrons. The van der Waals surface area contributed by atoms with Gasteiger partial charge in [0, 0.05) is 12.1 Å². The highest BCUT2D eigenvalue weighted by molar-refractivity contribution is 6.50. The van der Waals surface area contributed by atoms with E-state index in [1.807, 2.05) is 18.7 Å². The maximum Gasteiger partial charge on any atom is 0.673 e. The van der Waals surface area contributed by atoms with Gasteiger partial charge in [0.2, 0.25) is 0 Å². The van der Waals surface area contributed by atoms with Gasteiger partial charge in [-0.25, -0.2) is 9.89 Å². The third-order valence-corrected chi connectivity index (χ3v) is 1.94. The van der Waals surface area contributed by atoms with Crippen molar-refractivity contribution in [1.82, 2.24) is 0 Å². The fourth-order valence-electron chi connectivity index (χ4n) is 1.21. The van der Waals surface area contributed by atoms with E-state index in [4.69, 9.17) is 0 Å². The molecule has 0 aliphatic carbocycles. The van der Waals surface area contributed by atoms with Gasteiger partial charge in [-0.3, -0.25) is 0 Å². The summed E-state index contributed by atoms with van der Waals surface area (Å²) in [4.78, 5) is 5.21. The largest absolute Gasteiger partial charge is 0.673 e. The average molecular weight is 246 g/mol. The second-order valence-electron chi connectivity index (χ2n) is 3.41. The zero-order valence-corrected chi connectivity index (χ0v) is 9.08. The lowest BCUT2D eigenvalue weighted by Crippen LogP contribution is -3.00. The van der Waals surface area contributed by atoms with Crippen LogP contribution in [0.5, 0.6) is 0 Å². The molecule has 1 aliphatic rings. The van der Waals surface area contributed by atoms with Crippen LogP contribution < -0.4 is 4.90 Å². The van der Waals surface area contributed by atoms with Crippen molar-refractivity contribution in [2.24, 2.45) is 4.99 Å². The first kappa shape index (κ1) is 13.4. The van der Waals surface area contributed by atoms with Crippen molar-refractivity contribution < 1.29 is 22.2 Å². The van der Waals surface area contributed by atoms with E-state index in [9.17, 15) is 17.3 Å². The molecule has 0 aromatic heterocycles. The van der Waals surface area contributed by atoms with Crippen LogP contribution in [-0.4, -0.2) is 13.6 Å². The lowest BCUT2D eigenvalue weighted by atomic mass is 10.2. The molecule has 0 fully saturated rings. The number of halogens is 4. The molecule has 0 saturated heterocycles. The van der Waals surface area contributed by atoms with Gasteiger partial charge in [0.1, 0.15) is 11.9 Å². The van der Waals surface area contributed by atoms with Crippen LogP contribution in [0.2, 0.25) is 0 Å². The van der Waals surface area contributed by atoms with E-state index in [1.165, 1.54) is 16.2 Å². The normalized spacial score (nSPS) is 17.8. The molecular weight excluding hydrogens is 235 g/mol. The molecule has 7 heteroatoms. The Morgan fingerprint density at radius 3 is 2.00 bits per heavy atom. The summed E-state index contributed by atoms with van der Waals surface area (Å²) >= 11 is 0. The smallest absolute Gasteiger partial charge is 0.418 e. The first-order chi connectivity index (χ1) is 7.86. The van der Waals surface area contributed by atoms with Crippen LogP contribution >= 0.6 is 0 Å². The van der Waals surface area contributed by atoms with Gasteiger partial charge in [-0.2, -0.15) is 0 Å². The number of hydrogen-bond acceptors (Lipinski definition) is 1. The highest BCUT2D eigenvalue weighted by Gasteiger charge is 2.20. The molecule has 1 N–H and O–H groups in total. The van der Waals surface area contributed by atoms with Crippen molar-refractivity contribution in [3.05, 3.63) is 42.2 Å². The molecule has 1 heterocycles. The molecule has 1 atom stereocenters. The quantitative estimate of drug-likeness (QED) is 0.578. The molecule has 1 aromatic carbocycles. The molecule has 2 nitrogen and oxygen atoms in total. The first-order valence-electron chi connectivity index (χ1n) is 4.87. The zero-order valence-electron chi connectivity index (χ0n) is 9.08. The maximum atomic E-state index is 9.75. The Kier molecular flexibility index (Phi) is 4.45. The number of quaternary nitrogens is 1. The van der Waals surface area contributed by atoms with Gasteiger partial charge in [-0.15, -0.1) is 0 Å². The number of rotatable bonds is 1. The molecule has 0 radical (unpaired) electrons. The van der Waals surface area contributed by atoms with E-state index in [0.717, 1.165) is 0 Å². The van der Waals surface area contributed by atoms with Crippen molar-refractivity contribution in [2.45, 2.75) is 6.92 Å². The molecule has 0 amide bonds. The van der Waals surface area contributed by atoms with Crippen molar-refractivity contribution in [1.29, 1.82) is 0 Å². The van der Waals surface area contributed by atoms with Crippen LogP contribution in [0, 0.1) is 6.92 Å². The SMILES string of the molecule is Cc1ccc([NH+]2C=CN=C2)cc1.F[B-](F)(F)F. The monoisotopic (exact) mass is 246 g/mol. The Bertz CT molecular complexity index is 393. The van der Waals surface area contributed by atoms with E-state index in [2.05, 4.69) is 36.2 Å². The Balaban J connectivity index is 0.000000249. The summed E-state index contributed by atoms with van der Waals surface area (Å²) in [5.41, 5.74) is 2.52. The summed E-state index contributed by atoms with van der Waals surface area (Å²) in [6.45, 7) is 2.09. The van der Waals surface area contributed by atoms with Gasteiger partial charge in [0.05, 0.1) is 6.20 Å². The second kappa shape index (κ2) is 5.63. The number of nitrogens with zero attached hydrogens (tertiary/aromatic N) is 1. The minimum absolute atomic E-state index is 1.19. The predicted molar refractivity (Wildman–Crippen MR) is 59.6 cm³/mol. The van der Waals surface area contributed by atoms with Crippen LogP contribution in [0.25, 0.3) is 0 Å². The molecule has 0 saturated carbocycles. The van der Waals surface area contributed by atoms with E-state index in [0.29, 0.717) is 0 Å². The fraction of sp³-hybridized carbons (Fsp3) is 0.100. The minimum Gasteiger partial charge on any atom is -0.418 e. The summed E-state index contributed by atoms with van der Waals surface area (Å²) in [5.74, 6) is 0. The van der Waals surface area contributed by atoms with Crippen LogP contribution in [-0.2, 0) is 0 Å². The lowest BCUT2D eigenvalue weighted by molar-refractivity contribution is -0.654. The third-order valence-electron chi connectivity index (χ3n) is 1.94. The molecule has 1 aromatic rings. The maximum absolute atomic E-state index is 9.75. The lowest BCUT2D eigenvalue weighted by Gasteiger charge is -2.03. The zero-order chi connectivity index (χ0) is 12.9. The fourth-order valence-corrected chi connectivity index (χ4v) is 1.21. The number of aryl methyl sites for hydroxylation is 1. The Morgan fingerprint density at radius 1 is 1.06 bits per heavy atom. The van der Waals surface area contributed by atoms with Crippen LogP contribution in [0.3, 0.4) is 0 Å². The number of benzene rings is 1. The van der Waals surface area contributed by atoms with Gasteiger partial charge in [-0.1, -0.05) is 17.7 Å². The van der Waals surface area contributed by atoms with Gasteiger partial charge in [0.15, 0.2) is 6.34 Å². The van der Waals surface area contributed by atoms with E-state index in [-0.39, 0.29) is 0 Å². The molecule has 17 heavy (non-hydrogen) atoms. The van der Waals surface area contributed by atoms with Crippen LogP contribution in [0.15, 0.2) is 41.7 Å². The molecule has 0 spiro atoms. The highest BCUT2D eigenvalue weighted by atomic mass is 19.5. The number of nitrogens with one attached hydrogen (secondary N) is 1. The highest BCUT2D eigenvalue weighted by Crippen LogP contribution is 2.06. The third kappa shape index (κ3) is 5.86. The Labute approximate surface area is 96.4 Å². The van der Waals surface area contributed by atoms with Crippen molar-refractivity contribution in [2.75, 3.05) is 0 Å². The molecule has 2 rings (SSSR count). The summed E-state index contributed by atoms with van der Waals surface area (Å²) in [6, 6.07) is 8.46. The van der Waals surface area contributed by atoms with E-state index in [1.54, 1.807) is 0 Å². The molecular formula is C10H11BF4N2. The standard InChI is InChI=1S/C10H10N2.BF4/c1-9-2-4-10(5-3-9)12-7-6-11-8-12;2-1(3,4)5/h2-8H,1H3;/q;-1/p+1. The van der Waals surface area contributed by atoms with Gasteiger partial charge in [-0.05, 0) is 6.92 Å². The summed E-state index contributed by atoms with van der Waals surface area (Å²) in [5, 5.41) is 0. The molecule has 1 aliphatic heterocycles. The van der Waals surface area contributed by atoms with E-state index >= 15 is 0 Å². The van der Waals surface area contributed by atoms with Gasteiger partial charge >= 0.3 is 7.25 Å². The number of aliphatic imine (C=N–C) groups is 1.